The minimum Gasteiger partial charge on any atom is -0.465 e. The minimum atomic E-state index is -0.557. The van der Waals surface area contributed by atoms with Gasteiger partial charge in [-0.25, -0.2) is 4.79 Å². The summed E-state index contributed by atoms with van der Waals surface area (Å²) in [6.07, 6.45) is 1.74. The molecule has 3 aromatic rings. The van der Waals surface area contributed by atoms with E-state index in [2.05, 4.69) is 0 Å². The van der Waals surface area contributed by atoms with Crippen LogP contribution >= 0.6 is 23.2 Å². The maximum absolute atomic E-state index is 13.6. The fourth-order valence-electron chi connectivity index (χ4n) is 4.30. The number of benzene rings is 2. The number of hydrogen-bond donors (Lipinski definition) is 0. The zero-order chi connectivity index (χ0) is 24.7. The minimum absolute atomic E-state index is 0.249. The summed E-state index contributed by atoms with van der Waals surface area (Å²) in [6.45, 7) is 7.61. The molecule has 1 amide bonds. The summed E-state index contributed by atoms with van der Waals surface area (Å²) in [5, 5.41) is 1.12. The number of amides is 1. The highest BCUT2D eigenvalue weighted by molar-refractivity contribution is 6.34. The van der Waals surface area contributed by atoms with E-state index in [9.17, 15) is 9.59 Å². The standard InChI is InChI=1S/C27H24Cl2N2O3/c1-15-6-9-21(10-7-15)31-18(4)25(27(33)34-5)22(26(31)32)13-19-12-16(2)30(17(19)3)24-14-20(28)8-11-23(24)29/h6-14H,1-5H3/b22-13-. The van der Waals surface area contributed by atoms with Gasteiger partial charge in [0.15, 0.2) is 0 Å². The van der Waals surface area contributed by atoms with Gasteiger partial charge in [-0.05, 0) is 75.7 Å². The molecule has 0 radical (unpaired) electrons. The molecule has 0 fully saturated rings. The van der Waals surface area contributed by atoms with Crippen molar-refractivity contribution in [3.05, 3.63) is 97.9 Å². The predicted octanol–water partition coefficient (Wildman–Crippen LogP) is 6.59. The highest BCUT2D eigenvalue weighted by Gasteiger charge is 2.38. The molecule has 7 heteroatoms. The van der Waals surface area contributed by atoms with Gasteiger partial charge < -0.3 is 9.30 Å². The third kappa shape index (κ3) is 4.06. The molecule has 1 aliphatic rings. The van der Waals surface area contributed by atoms with Crippen molar-refractivity contribution in [3.63, 3.8) is 0 Å². The van der Waals surface area contributed by atoms with Gasteiger partial charge in [-0.1, -0.05) is 40.9 Å². The highest BCUT2D eigenvalue weighted by atomic mass is 35.5. The number of aryl methyl sites for hydroxylation is 2. The van der Waals surface area contributed by atoms with Gasteiger partial charge in [-0.15, -0.1) is 0 Å². The van der Waals surface area contributed by atoms with Crippen LogP contribution in [0.25, 0.3) is 11.8 Å². The van der Waals surface area contributed by atoms with Gasteiger partial charge >= 0.3 is 5.97 Å². The number of carbonyl (C=O) groups is 2. The van der Waals surface area contributed by atoms with Crippen LogP contribution < -0.4 is 4.90 Å². The number of ether oxygens (including phenoxy) is 1. The summed E-state index contributed by atoms with van der Waals surface area (Å²) in [7, 11) is 1.31. The zero-order valence-corrected chi connectivity index (χ0v) is 21.1. The molecule has 0 saturated carbocycles. The first kappa shape index (κ1) is 23.9. The van der Waals surface area contributed by atoms with Crippen LogP contribution in [-0.4, -0.2) is 23.6 Å². The monoisotopic (exact) mass is 494 g/mol. The highest BCUT2D eigenvalue weighted by Crippen LogP contribution is 2.37. The Balaban J connectivity index is 1.86. The van der Waals surface area contributed by atoms with Gasteiger partial charge in [-0.3, -0.25) is 9.69 Å². The molecule has 34 heavy (non-hydrogen) atoms. The second-order valence-electron chi connectivity index (χ2n) is 8.24. The zero-order valence-electron chi connectivity index (χ0n) is 19.6. The molecular formula is C27H24Cl2N2O3. The van der Waals surface area contributed by atoms with E-state index in [0.717, 1.165) is 28.2 Å². The number of carbonyl (C=O) groups excluding carboxylic acids is 2. The Morgan fingerprint density at radius 2 is 1.65 bits per heavy atom. The first-order valence-electron chi connectivity index (χ1n) is 10.7. The third-order valence-corrected chi connectivity index (χ3v) is 6.56. The molecule has 5 nitrogen and oxygen atoms in total. The van der Waals surface area contributed by atoms with Crippen LogP contribution in [0, 0.1) is 20.8 Å². The summed E-state index contributed by atoms with van der Waals surface area (Å²) in [4.78, 5) is 27.8. The molecule has 1 aliphatic heterocycles. The number of anilines is 1. The fraction of sp³-hybridized carbons (Fsp3) is 0.185. The van der Waals surface area contributed by atoms with E-state index < -0.39 is 5.97 Å². The van der Waals surface area contributed by atoms with Crippen molar-refractivity contribution in [2.24, 2.45) is 0 Å². The van der Waals surface area contributed by atoms with E-state index in [1.807, 2.05) is 55.7 Å². The second kappa shape index (κ2) is 9.16. The van der Waals surface area contributed by atoms with Crippen molar-refractivity contribution in [1.29, 1.82) is 0 Å². The summed E-state index contributed by atoms with van der Waals surface area (Å²) in [5.74, 6) is -0.842. The van der Waals surface area contributed by atoms with Crippen LogP contribution in [0.2, 0.25) is 10.0 Å². The third-order valence-electron chi connectivity index (χ3n) is 6.00. The molecule has 0 unspecified atom stereocenters. The van der Waals surface area contributed by atoms with E-state index in [1.165, 1.54) is 7.11 Å². The van der Waals surface area contributed by atoms with Gasteiger partial charge in [0.2, 0.25) is 0 Å². The summed E-state index contributed by atoms with van der Waals surface area (Å²) in [5.41, 5.74) is 6.12. The maximum Gasteiger partial charge on any atom is 0.340 e. The van der Waals surface area contributed by atoms with E-state index >= 15 is 0 Å². The Hall–Kier alpha value is -3.28. The second-order valence-corrected chi connectivity index (χ2v) is 9.09. The van der Waals surface area contributed by atoms with Gasteiger partial charge in [-0.2, -0.15) is 0 Å². The summed E-state index contributed by atoms with van der Waals surface area (Å²) < 4.78 is 7.01. The smallest absolute Gasteiger partial charge is 0.340 e. The van der Waals surface area contributed by atoms with Crippen LogP contribution in [0.15, 0.2) is 65.4 Å². The molecule has 0 aliphatic carbocycles. The fourth-order valence-corrected chi connectivity index (χ4v) is 4.67. The average molecular weight is 495 g/mol. The molecule has 4 rings (SSSR count). The van der Waals surface area contributed by atoms with Crippen LogP contribution in [0.4, 0.5) is 5.69 Å². The molecule has 174 valence electrons. The Kier molecular flexibility index (Phi) is 6.43. The molecule has 0 spiro atoms. The average Bonchev–Trinajstić information content (AvgIpc) is 3.22. The number of rotatable bonds is 4. The number of esters is 1. The normalized spacial score (nSPS) is 15.0. The van der Waals surface area contributed by atoms with E-state index in [4.69, 9.17) is 27.9 Å². The van der Waals surface area contributed by atoms with Crippen molar-refractivity contribution in [1.82, 2.24) is 4.57 Å². The van der Waals surface area contributed by atoms with Gasteiger partial charge in [0.05, 0.1) is 29.0 Å². The molecule has 2 aromatic carbocycles. The van der Waals surface area contributed by atoms with Crippen molar-refractivity contribution in [2.75, 3.05) is 12.0 Å². The van der Waals surface area contributed by atoms with Crippen molar-refractivity contribution in [3.8, 4) is 5.69 Å². The molecule has 0 N–H and O–H groups in total. The van der Waals surface area contributed by atoms with E-state index in [-0.39, 0.29) is 17.1 Å². The van der Waals surface area contributed by atoms with Crippen molar-refractivity contribution in [2.45, 2.75) is 27.7 Å². The molecule has 2 heterocycles. The Morgan fingerprint density at radius 3 is 2.29 bits per heavy atom. The predicted molar refractivity (Wildman–Crippen MR) is 137 cm³/mol. The lowest BCUT2D eigenvalue weighted by molar-refractivity contribution is -0.136. The quantitative estimate of drug-likeness (QED) is 0.303. The van der Waals surface area contributed by atoms with E-state index in [0.29, 0.717) is 21.4 Å². The largest absolute Gasteiger partial charge is 0.465 e. The first-order valence-corrected chi connectivity index (χ1v) is 11.5. The lowest BCUT2D eigenvalue weighted by Gasteiger charge is -2.18. The number of hydrogen-bond acceptors (Lipinski definition) is 3. The van der Waals surface area contributed by atoms with Crippen molar-refractivity contribution >= 4 is 46.8 Å². The Bertz CT molecular complexity index is 1380. The summed E-state index contributed by atoms with van der Waals surface area (Å²) >= 11 is 12.7. The molecule has 0 atom stereocenters. The number of methoxy groups -OCH3 is 1. The maximum atomic E-state index is 13.6. The van der Waals surface area contributed by atoms with Gasteiger partial charge in [0.1, 0.15) is 0 Å². The number of halogens is 2. The first-order chi connectivity index (χ1) is 16.1. The number of nitrogens with zero attached hydrogens (tertiary/aromatic N) is 2. The van der Waals surface area contributed by atoms with Gasteiger partial charge in [0.25, 0.3) is 5.91 Å². The summed E-state index contributed by atoms with van der Waals surface area (Å²) in [6, 6.07) is 14.8. The Morgan fingerprint density at radius 1 is 0.971 bits per heavy atom. The molecule has 1 aromatic heterocycles. The lowest BCUT2D eigenvalue weighted by Crippen LogP contribution is -2.24. The topological polar surface area (TPSA) is 51.5 Å². The van der Waals surface area contributed by atoms with Crippen LogP contribution in [0.1, 0.15) is 29.4 Å². The SMILES string of the molecule is COC(=O)C1=C(C)N(c2ccc(C)cc2)C(=O)/C1=C\c1cc(C)n(-c2cc(Cl)ccc2Cl)c1C. The van der Waals surface area contributed by atoms with Crippen LogP contribution in [-0.2, 0) is 14.3 Å². The Labute approximate surface area is 208 Å². The van der Waals surface area contributed by atoms with Crippen molar-refractivity contribution < 1.29 is 14.3 Å². The van der Waals surface area contributed by atoms with Gasteiger partial charge in [0, 0.05) is 27.8 Å². The number of aromatic nitrogens is 1. The van der Waals surface area contributed by atoms with E-state index in [1.54, 1.807) is 36.1 Å². The van der Waals surface area contributed by atoms with Crippen LogP contribution in [0.5, 0.6) is 0 Å². The lowest BCUT2D eigenvalue weighted by atomic mass is 10.0. The molecule has 0 bridgehead atoms. The number of allylic oxidation sites excluding steroid dienone is 1. The molecular weight excluding hydrogens is 471 g/mol. The van der Waals surface area contributed by atoms with Crippen LogP contribution in [0.3, 0.4) is 0 Å². The molecule has 0 saturated heterocycles.